The molecular formula is C12H19N3OS. The fourth-order valence-corrected chi connectivity index (χ4v) is 2.75. The molecule has 1 aliphatic rings. The van der Waals surface area contributed by atoms with E-state index in [4.69, 9.17) is 5.73 Å². The van der Waals surface area contributed by atoms with Crippen LogP contribution in [0.3, 0.4) is 0 Å². The van der Waals surface area contributed by atoms with Crippen LogP contribution in [0.25, 0.3) is 0 Å². The van der Waals surface area contributed by atoms with Gasteiger partial charge in [-0.15, -0.1) is 11.3 Å². The van der Waals surface area contributed by atoms with Crippen LogP contribution >= 0.6 is 11.3 Å². The number of rotatable bonds is 2. The lowest BCUT2D eigenvalue weighted by Gasteiger charge is -2.38. The van der Waals surface area contributed by atoms with E-state index in [0.29, 0.717) is 6.04 Å². The number of hydrogen-bond donors (Lipinski definition) is 1. The summed E-state index contributed by atoms with van der Waals surface area (Å²) >= 11 is 1.54. The normalized spacial score (nSPS) is 23.7. The van der Waals surface area contributed by atoms with E-state index < -0.39 is 6.04 Å². The molecule has 1 aromatic heterocycles. The second-order valence-corrected chi connectivity index (χ2v) is 5.59. The Balaban J connectivity index is 2.01. The summed E-state index contributed by atoms with van der Waals surface area (Å²) < 4.78 is 0. The third-order valence-corrected chi connectivity index (χ3v) is 4.34. The van der Waals surface area contributed by atoms with E-state index in [1.165, 1.54) is 0 Å². The van der Waals surface area contributed by atoms with E-state index in [1.54, 1.807) is 11.3 Å². The first-order chi connectivity index (χ1) is 8.09. The lowest BCUT2D eigenvalue weighted by atomic mass is 10.1. The van der Waals surface area contributed by atoms with Gasteiger partial charge in [-0.3, -0.25) is 4.79 Å². The molecule has 4 nitrogen and oxygen atoms in total. The number of carbonyl (C=O) groups excluding carboxylic acids is 1. The summed E-state index contributed by atoms with van der Waals surface area (Å²) in [5.74, 6) is 0.0485. The number of amides is 1. The van der Waals surface area contributed by atoms with Gasteiger partial charge < -0.3 is 15.5 Å². The van der Waals surface area contributed by atoms with Crippen LogP contribution < -0.4 is 5.73 Å². The molecule has 0 spiro atoms. The van der Waals surface area contributed by atoms with Crippen molar-refractivity contribution in [1.29, 1.82) is 0 Å². The molecule has 0 aromatic carbocycles. The Hall–Kier alpha value is -0.910. The third-order valence-electron chi connectivity index (χ3n) is 3.39. The van der Waals surface area contributed by atoms with Crippen LogP contribution in [-0.4, -0.2) is 48.4 Å². The van der Waals surface area contributed by atoms with Crippen molar-refractivity contribution in [2.24, 2.45) is 5.73 Å². The fourth-order valence-electron chi connectivity index (χ4n) is 2.04. The molecule has 2 N–H and O–H groups in total. The monoisotopic (exact) mass is 253 g/mol. The summed E-state index contributed by atoms with van der Waals surface area (Å²) in [7, 11) is 2.09. The number of piperazine rings is 1. The summed E-state index contributed by atoms with van der Waals surface area (Å²) in [6, 6.07) is 3.76. The van der Waals surface area contributed by atoms with Crippen LogP contribution in [0.1, 0.15) is 17.8 Å². The highest BCUT2D eigenvalue weighted by Crippen LogP contribution is 2.20. The maximum absolute atomic E-state index is 12.2. The van der Waals surface area contributed by atoms with Crippen molar-refractivity contribution in [3.05, 3.63) is 22.4 Å². The predicted octanol–water partition coefficient (Wildman–Crippen LogP) is 0.910. The van der Waals surface area contributed by atoms with Gasteiger partial charge in [0.15, 0.2) is 0 Å². The summed E-state index contributed by atoms with van der Waals surface area (Å²) in [6.07, 6.45) is 0. The van der Waals surface area contributed by atoms with Gasteiger partial charge in [-0.05, 0) is 25.4 Å². The van der Waals surface area contributed by atoms with Crippen LogP contribution in [0.5, 0.6) is 0 Å². The van der Waals surface area contributed by atoms with Gasteiger partial charge in [-0.25, -0.2) is 0 Å². The van der Waals surface area contributed by atoms with Crippen molar-refractivity contribution in [3.63, 3.8) is 0 Å². The standard InChI is InChI=1S/C12H19N3OS/c1-9-8-15(6-5-14(9)2)12(16)11(13)10-4-3-7-17-10/h3-4,7,9,11H,5-6,8,13H2,1-2H3. The molecule has 1 amide bonds. The molecule has 0 radical (unpaired) electrons. The van der Waals surface area contributed by atoms with E-state index in [-0.39, 0.29) is 5.91 Å². The molecule has 2 atom stereocenters. The number of nitrogens with two attached hydrogens (primary N) is 1. The van der Waals surface area contributed by atoms with Crippen molar-refractivity contribution >= 4 is 17.2 Å². The molecule has 2 unspecified atom stereocenters. The smallest absolute Gasteiger partial charge is 0.245 e. The Morgan fingerprint density at radius 3 is 2.94 bits per heavy atom. The minimum Gasteiger partial charge on any atom is -0.338 e. The highest BCUT2D eigenvalue weighted by Gasteiger charge is 2.28. The minimum atomic E-state index is -0.495. The first kappa shape index (κ1) is 12.5. The molecule has 0 bridgehead atoms. The van der Waals surface area contributed by atoms with Crippen molar-refractivity contribution in [2.45, 2.75) is 19.0 Å². The molecule has 1 aliphatic heterocycles. The quantitative estimate of drug-likeness (QED) is 0.852. The minimum absolute atomic E-state index is 0.0485. The zero-order valence-electron chi connectivity index (χ0n) is 10.3. The number of likely N-dealkylation sites (N-methyl/N-ethyl adjacent to an activating group) is 1. The highest BCUT2D eigenvalue weighted by atomic mass is 32.1. The average Bonchev–Trinajstić information content (AvgIpc) is 2.84. The second-order valence-electron chi connectivity index (χ2n) is 4.61. The lowest BCUT2D eigenvalue weighted by Crippen LogP contribution is -2.53. The Morgan fingerprint density at radius 1 is 1.59 bits per heavy atom. The zero-order chi connectivity index (χ0) is 12.4. The molecule has 17 heavy (non-hydrogen) atoms. The SMILES string of the molecule is CC1CN(C(=O)C(N)c2cccs2)CCN1C. The van der Waals surface area contributed by atoms with E-state index in [1.807, 2.05) is 22.4 Å². The van der Waals surface area contributed by atoms with Crippen LogP contribution in [0.2, 0.25) is 0 Å². The lowest BCUT2D eigenvalue weighted by molar-refractivity contribution is -0.135. The Kier molecular flexibility index (Phi) is 3.81. The van der Waals surface area contributed by atoms with Crippen molar-refractivity contribution < 1.29 is 4.79 Å². The predicted molar refractivity (Wildman–Crippen MR) is 69.9 cm³/mol. The zero-order valence-corrected chi connectivity index (χ0v) is 11.1. The molecule has 1 aromatic rings. The van der Waals surface area contributed by atoms with Gasteiger partial charge in [0, 0.05) is 30.6 Å². The van der Waals surface area contributed by atoms with Gasteiger partial charge >= 0.3 is 0 Å². The molecule has 0 aliphatic carbocycles. The Bertz CT molecular complexity index is 379. The van der Waals surface area contributed by atoms with Crippen LogP contribution in [0, 0.1) is 0 Å². The second kappa shape index (κ2) is 5.16. The van der Waals surface area contributed by atoms with E-state index in [0.717, 1.165) is 24.5 Å². The van der Waals surface area contributed by atoms with E-state index in [2.05, 4.69) is 18.9 Å². The first-order valence-electron chi connectivity index (χ1n) is 5.87. The summed E-state index contributed by atoms with van der Waals surface area (Å²) in [4.78, 5) is 17.3. The maximum Gasteiger partial charge on any atom is 0.245 e. The summed E-state index contributed by atoms with van der Waals surface area (Å²) in [5.41, 5.74) is 6.00. The van der Waals surface area contributed by atoms with Crippen molar-refractivity contribution in [2.75, 3.05) is 26.7 Å². The topological polar surface area (TPSA) is 49.6 Å². The number of nitrogens with zero attached hydrogens (tertiary/aromatic N) is 2. The van der Waals surface area contributed by atoms with Gasteiger partial charge in [0.1, 0.15) is 6.04 Å². The van der Waals surface area contributed by atoms with Gasteiger partial charge in [-0.1, -0.05) is 6.07 Å². The van der Waals surface area contributed by atoms with Gasteiger partial charge in [0.2, 0.25) is 5.91 Å². The van der Waals surface area contributed by atoms with Gasteiger partial charge in [-0.2, -0.15) is 0 Å². The van der Waals surface area contributed by atoms with Crippen LogP contribution in [0.4, 0.5) is 0 Å². The van der Waals surface area contributed by atoms with Crippen LogP contribution in [-0.2, 0) is 4.79 Å². The highest BCUT2D eigenvalue weighted by molar-refractivity contribution is 7.10. The first-order valence-corrected chi connectivity index (χ1v) is 6.75. The van der Waals surface area contributed by atoms with Crippen molar-refractivity contribution in [3.8, 4) is 0 Å². The summed E-state index contributed by atoms with van der Waals surface area (Å²) in [5, 5.41) is 1.95. The molecule has 1 fully saturated rings. The van der Waals surface area contributed by atoms with Gasteiger partial charge in [0.05, 0.1) is 0 Å². The molecule has 2 heterocycles. The number of hydrogen-bond acceptors (Lipinski definition) is 4. The van der Waals surface area contributed by atoms with E-state index >= 15 is 0 Å². The number of thiophene rings is 1. The summed E-state index contributed by atoms with van der Waals surface area (Å²) in [6.45, 7) is 4.60. The molecule has 2 rings (SSSR count). The number of carbonyl (C=O) groups is 1. The fraction of sp³-hybridized carbons (Fsp3) is 0.583. The largest absolute Gasteiger partial charge is 0.338 e. The van der Waals surface area contributed by atoms with Crippen molar-refractivity contribution in [1.82, 2.24) is 9.80 Å². The molecule has 1 saturated heterocycles. The maximum atomic E-state index is 12.2. The van der Waals surface area contributed by atoms with Crippen LogP contribution in [0.15, 0.2) is 17.5 Å². The van der Waals surface area contributed by atoms with E-state index in [9.17, 15) is 4.79 Å². The molecule has 94 valence electrons. The van der Waals surface area contributed by atoms with Gasteiger partial charge in [0.25, 0.3) is 0 Å². The molecule has 0 saturated carbocycles. The average molecular weight is 253 g/mol. The molecular weight excluding hydrogens is 234 g/mol. The Labute approximate surface area is 106 Å². The third kappa shape index (κ3) is 2.68. The molecule has 5 heteroatoms. The Morgan fingerprint density at radius 2 is 2.35 bits per heavy atom.